The third-order valence-corrected chi connectivity index (χ3v) is 2.55. The van der Waals surface area contributed by atoms with Crippen LogP contribution in [0.15, 0.2) is 42.5 Å². The highest BCUT2D eigenvalue weighted by Gasteiger charge is 2.12. The second kappa shape index (κ2) is 5.39. The standard InChI is InChI=1S/C14H12FNO3/c1-19-11-6-7-12(13(17)8-11)14(18)16-10-4-2-9(15)3-5-10/h2-8,17H,1H3,(H,16,18). The summed E-state index contributed by atoms with van der Waals surface area (Å²) in [5.74, 6) is -0.591. The first-order valence-corrected chi connectivity index (χ1v) is 5.54. The summed E-state index contributed by atoms with van der Waals surface area (Å²) in [7, 11) is 1.47. The molecule has 0 bridgehead atoms. The molecule has 0 saturated carbocycles. The summed E-state index contributed by atoms with van der Waals surface area (Å²) in [6.45, 7) is 0. The van der Waals surface area contributed by atoms with Crippen LogP contribution in [0.4, 0.5) is 10.1 Å². The molecule has 0 aromatic heterocycles. The topological polar surface area (TPSA) is 58.6 Å². The van der Waals surface area contributed by atoms with E-state index < -0.39 is 5.91 Å². The number of halogens is 1. The first-order chi connectivity index (χ1) is 9.10. The lowest BCUT2D eigenvalue weighted by Crippen LogP contribution is -2.12. The predicted molar refractivity (Wildman–Crippen MR) is 69.0 cm³/mol. The van der Waals surface area contributed by atoms with E-state index in [2.05, 4.69) is 5.32 Å². The molecule has 0 fully saturated rings. The fourth-order valence-corrected chi connectivity index (χ4v) is 1.56. The summed E-state index contributed by atoms with van der Waals surface area (Å²) in [5, 5.41) is 12.3. The fraction of sp³-hybridized carbons (Fsp3) is 0.0714. The minimum absolute atomic E-state index is 0.116. The normalized spacial score (nSPS) is 10.0. The van der Waals surface area contributed by atoms with Gasteiger partial charge in [-0.25, -0.2) is 4.39 Å². The van der Waals surface area contributed by atoms with E-state index in [1.165, 1.54) is 43.5 Å². The number of carbonyl (C=O) groups is 1. The minimum atomic E-state index is -0.480. The van der Waals surface area contributed by atoms with E-state index in [-0.39, 0.29) is 17.1 Å². The van der Waals surface area contributed by atoms with Crippen molar-refractivity contribution in [2.45, 2.75) is 0 Å². The molecule has 5 heteroatoms. The van der Waals surface area contributed by atoms with Crippen LogP contribution in [0.2, 0.25) is 0 Å². The number of phenols is 1. The summed E-state index contributed by atoms with van der Waals surface area (Å²) < 4.78 is 17.7. The molecule has 0 heterocycles. The first-order valence-electron chi connectivity index (χ1n) is 5.54. The van der Waals surface area contributed by atoms with Crippen LogP contribution in [0.25, 0.3) is 0 Å². The molecule has 1 amide bonds. The smallest absolute Gasteiger partial charge is 0.259 e. The highest BCUT2D eigenvalue weighted by atomic mass is 19.1. The predicted octanol–water partition coefficient (Wildman–Crippen LogP) is 2.79. The van der Waals surface area contributed by atoms with Crippen LogP contribution in [0.3, 0.4) is 0 Å². The van der Waals surface area contributed by atoms with Gasteiger partial charge < -0.3 is 15.2 Å². The average Bonchev–Trinajstić information content (AvgIpc) is 2.41. The molecule has 0 aliphatic heterocycles. The zero-order chi connectivity index (χ0) is 13.8. The molecule has 2 aromatic carbocycles. The van der Waals surface area contributed by atoms with Crippen LogP contribution in [0.5, 0.6) is 11.5 Å². The van der Waals surface area contributed by atoms with Gasteiger partial charge in [0.25, 0.3) is 5.91 Å². The zero-order valence-corrected chi connectivity index (χ0v) is 10.2. The molecule has 4 nitrogen and oxygen atoms in total. The Morgan fingerprint density at radius 2 is 1.89 bits per heavy atom. The number of methoxy groups -OCH3 is 1. The van der Waals surface area contributed by atoms with E-state index in [0.29, 0.717) is 11.4 Å². The number of hydrogen-bond acceptors (Lipinski definition) is 3. The van der Waals surface area contributed by atoms with E-state index in [1.807, 2.05) is 0 Å². The number of amides is 1. The van der Waals surface area contributed by atoms with Gasteiger partial charge in [-0.1, -0.05) is 0 Å². The van der Waals surface area contributed by atoms with Crippen molar-refractivity contribution in [1.29, 1.82) is 0 Å². The molecule has 0 radical (unpaired) electrons. The molecular weight excluding hydrogens is 249 g/mol. The lowest BCUT2D eigenvalue weighted by molar-refractivity contribution is 0.102. The van der Waals surface area contributed by atoms with Gasteiger partial charge in [-0.2, -0.15) is 0 Å². The molecule has 2 N–H and O–H groups in total. The number of hydrogen-bond donors (Lipinski definition) is 2. The molecule has 0 atom stereocenters. The van der Waals surface area contributed by atoms with Gasteiger partial charge in [-0.15, -0.1) is 0 Å². The molecule has 0 saturated heterocycles. The van der Waals surface area contributed by atoms with Crippen LogP contribution < -0.4 is 10.1 Å². The van der Waals surface area contributed by atoms with Crippen molar-refractivity contribution in [1.82, 2.24) is 0 Å². The number of ether oxygens (including phenoxy) is 1. The van der Waals surface area contributed by atoms with Gasteiger partial charge in [-0.05, 0) is 36.4 Å². The molecule has 0 aliphatic rings. The number of rotatable bonds is 3. The largest absolute Gasteiger partial charge is 0.507 e. The number of aromatic hydroxyl groups is 1. The third-order valence-electron chi connectivity index (χ3n) is 2.55. The van der Waals surface area contributed by atoms with Crippen LogP contribution in [0.1, 0.15) is 10.4 Å². The second-order valence-corrected chi connectivity index (χ2v) is 3.84. The first kappa shape index (κ1) is 12.9. The maximum absolute atomic E-state index is 12.7. The van der Waals surface area contributed by atoms with Gasteiger partial charge in [0.2, 0.25) is 0 Å². The molecule has 0 spiro atoms. The Morgan fingerprint density at radius 3 is 2.47 bits per heavy atom. The van der Waals surface area contributed by atoms with Crippen LogP contribution in [-0.2, 0) is 0 Å². The van der Waals surface area contributed by atoms with Gasteiger partial charge in [0.15, 0.2) is 0 Å². The van der Waals surface area contributed by atoms with Crippen molar-refractivity contribution >= 4 is 11.6 Å². The molecular formula is C14H12FNO3. The Bertz CT molecular complexity index is 596. The van der Waals surface area contributed by atoms with E-state index >= 15 is 0 Å². The average molecular weight is 261 g/mol. The lowest BCUT2D eigenvalue weighted by atomic mass is 10.1. The van der Waals surface area contributed by atoms with E-state index in [1.54, 1.807) is 6.07 Å². The monoisotopic (exact) mass is 261 g/mol. The highest BCUT2D eigenvalue weighted by Crippen LogP contribution is 2.24. The lowest BCUT2D eigenvalue weighted by Gasteiger charge is -2.08. The van der Waals surface area contributed by atoms with E-state index in [4.69, 9.17) is 4.74 Å². The van der Waals surface area contributed by atoms with Crippen molar-refractivity contribution < 1.29 is 19.0 Å². The number of carbonyl (C=O) groups excluding carboxylic acids is 1. The number of anilines is 1. The van der Waals surface area contributed by atoms with Gasteiger partial charge in [0.1, 0.15) is 17.3 Å². The second-order valence-electron chi connectivity index (χ2n) is 3.84. The van der Waals surface area contributed by atoms with Gasteiger partial charge in [0.05, 0.1) is 12.7 Å². The van der Waals surface area contributed by atoms with Crippen LogP contribution in [0, 0.1) is 5.82 Å². The number of phenolic OH excluding ortho intramolecular Hbond substituents is 1. The molecule has 19 heavy (non-hydrogen) atoms. The van der Waals surface area contributed by atoms with Crippen molar-refractivity contribution in [3.8, 4) is 11.5 Å². The quantitative estimate of drug-likeness (QED) is 0.893. The minimum Gasteiger partial charge on any atom is -0.507 e. The summed E-state index contributed by atoms with van der Waals surface area (Å²) in [4.78, 5) is 11.9. The van der Waals surface area contributed by atoms with Crippen molar-refractivity contribution in [2.75, 3.05) is 12.4 Å². The number of benzene rings is 2. The molecule has 2 rings (SSSR count). The fourth-order valence-electron chi connectivity index (χ4n) is 1.56. The summed E-state index contributed by atoms with van der Waals surface area (Å²) in [6, 6.07) is 9.72. The third kappa shape index (κ3) is 3.01. The Balaban J connectivity index is 2.18. The summed E-state index contributed by atoms with van der Waals surface area (Å²) in [5.41, 5.74) is 0.562. The Kier molecular flexibility index (Phi) is 3.66. The highest BCUT2D eigenvalue weighted by molar-refractivity contribution is 6.06. The van der Waals surface area contributed by atoms with Gasteiger partial charge in [0, 0.05) is 11.8 Å². The van der Waals surface area contributed by atoms with Crippen LogP contribution >= 0.6 is 0 Å². The zero-order valence-electron chi connectivity index (χ0n) is 10.2. The number of nitrogens with one attached hydrogen (secondary N) is 1. The van der Waals surface area contributed by atoms with Gasteiger partial charge >= 0.3 is 0 Å². The molecule has 98 valence electrons. The SMILES string of the molecule is COc1ccc(C(=O)Nc2ccc(F)cc2)c(O)c1. The van der Waals surface area contributed by atoms with Crippen molar-refractivity contribution in [3.05, 3.63) is 53.8 Å². The molecule has 2 aromatic rings. The van der Waals surface area contributed by atoms with Crippen LogP contribution in [-0.4, -0.2) is 18.1 Å². The van der Waals surface area contributed by atoms with Gasteiger partial charge in [-0.3, -0.25) is 4.79 Å². The maximum atomic E-state index is 12.7. The molecule has 0 aliphatic carbocycles. The van der Waals surface area contributed by atoms with Crippen molar-refractivity contribution in [3.63, 3.8) is 0 Å². The Hall–Kier alpha value is -2.56. The molecule has 0 unspecified atom stereocenters. The van der Waals surface area contributed by atoms with Crippen molar-refractivity contribution in [2.24, 2.45) is 0 Å². The maximum Gasteiger partial charge on any atom is 0.259 e. The Labute approximate surface area is 109 Å². The Morgan fingerprint density at radius 1 is 1.21 bits per heavy atom. The summed E-state index contributed by atoms with van der Waals surface area (Å²) >= 11 is 0. The summed E-state index contributed by atoms with van der Waals surface area (Å²) in [6.07, 6.45) is 0. The van der Waals surface area contributed by atoms with E-state index in [0.717, 1.165) is 0 Å². The van der Waals surface area contributed by atoms with E-state index in [9.17, 15) is 14.3 Å².